The van der Waals surface area contributed by atoms with Gasteiger partial charge in [-0.05, 0) is 25.0 Å². The molecule has 0 saturated carbocycles. The number of carbonyl (C=O) groups is 2. The molecule has 20 heavy (non-hydrogen) atoms. The summed E-state index contributed by atoms with van der Waals surface area (Å²) in [6.07, 6.45) is 0.102. The number of non-ortho nitro benzene ring substituents is 1. The van der Waals surface area contributed by atoms with Crippen LogP contribution in [0.1, 0.15) is 18.9 Å². The third kappa shape index (κ3) is 2.38. The predicted molar refractivity (Wildman–Crippen MR) is 65.4 cm³/mol. The Hall–Kier alpha value is -2.31. The van der Waals surface area contributed by atoms with Gasteiger partial charge < -0.3 is 4.74 Å². The lowest BCUT2D eigenvalue weighted by atomic mass is 9.77. The highest BCUT2D eigenvalue weighted by atomic mass is 19.1. The quantitative estimate of drug-likeness (QED) is 0.363. The number of hydrogen-bond donors (Lipinski definition) is 0. The Morgan fingerprint density at radius 1 is 1.50 bits per heavy atom. The van der Waals surface area contributed by atoms with Gasteiger partial charge in [0.05, 0.1) is 17.6 Å². The number of ether oxygens (including phenoxy) is 1. The molecule has 0 amide bonds. The maximum Gasteiger partial charge on any atom is 0.320 e. The number of hydrogen-bond acceptors (Lipinski definition) is 5. The molecule has 1 aliphatic heterocycles. The summed E-state index contributed by atoms with van der Waals surface area (Å²) < 4.78 is 18.2. The molecule has 0 aliphatic carbocycles. The second-order valence-electron chi connectivity index (χ2n) is 4.78. The van der Waals surface area contributed by atoms with Crippen LogP contribution < -0.4 is 0 Å². The number of carbonyl (C=O) groups excluding carboxylic acids is 2. The van der Waals surface area contributed by atoms with Crippen LogP contribution in [0.4, 0.5) is 10.1 Å². The van der Waals surface area contributed by atoms with Crippen molar-refractivity contribution in [3.05, 3.63) is 39.7 Å². The van der Waals surface area contributed by atoms with Crippen LogP contribution in [0.25, 0.3) is 0 Å². The summed E-state index contributed by atoms with van der Waals surface area (Å²) in [5, 5.41) is 10.7. The summed E-state index contributed by atoms with van der Waals surface area (Å²) in [6.45, 7) is 1.39. The summed E-state index contributed by atoms with van der Waals surface area (Å²) in [5.74, 6) is -1.82. The minimum atomic E-state index is -1.36. The van der Waals surface area contributed by atoms with Gasteiger partial charge in [0, 0.05) is 12.5 Å². The smallest absolute Gasteiger partial charge is 0.320 e. The minimum absolute atomic E-state index is 0.0975. The molecule has 0 aromatic heterocycles. The van der Waals surface area contributed by atoms with Gasteiger partial charge in [-0.3, -0.25) is 19.7 Å². The Morgan fingerprint density at radius 3 is 2.70 bits per heavy atom. The summed E-state index contributed by atoms with van der Waals surface area (Å²) >= 11 is 0. The van der Waals surface area contributed by atoms with E-state index in [1.807, 2.05) is 0 Å². The molecule has 7 heteroatoms. The number of benzene rings is 1. The van der Waals surface area contributed by atoms with E-state index in [9.17, 15) is 24.1 Å². The fraction of sp³-hybridized carbons (Fsp3) is 0.385. The number of ketones is 1. The van der Waals surface area contributed by atoms with E-state index >= 15 is 0 Å². The first kappa shape index (κ1) is 14.1. The van der Waals surface area contributed by atoms with E-state index in [0.29, 0.717) is 0 Å². The molecular formula is C13H12FNO5. The van der Waals surface area contributed by atoms with Crippen LogP contribution in [0.15, 0.2) is 18.2 Å². The highest BCUT2D eigenvalue weighted by Crippen LogP contribution is 2.35. The topological polar surface area (TPSA) is 86.5 Å². The van der Waals surface area contributed by atoms with Crippen molar-refractivity contribution < 1.29 is 23.6 Å². The number of esters is 1. The Kier molecular flexibility index (Phi) is 3.52. The van der Waals surface area contributed by atoms with Crippen LogP contribution in [0.2, 0.25) is 0 Å². The molecule has 6 nitrogen and oxygen atoms in total. The highest BCUT2D eigenvalue weighted by molar-refractivity contribution is 6.04. The van der Waals surface area contributed by atoms with Crippen molar-refractivity contribution in [3.8, 4) is 0 Å². The first-order valence-corrected chi connectivity index (χ1v) is 5.97. The lowest BCUT2D eigenvalue weighted by Crippen LogP contribution is -2.36. The Labute approximate surface area is 113 Å². The van der Waals surface area contributed by atoms with Crippen LogP contribution in [-0.4, -0.2) is 23.3 Å². The van der Waals surface area contributed by atoms with Gasteiger partial charge in [0.2, 0.25) is 0 Å². The van der Waals surface area contributed by atoms with Crippen molar-refractivity contribution in [2.45, 2.75) is 19.8 Å². The van der Waals surface area contributed by atoms with Crippen LogP contribution >= 0.6 is 0 Å². The third-order valence-corrected chi connectivity index (χ3v) is 3.49. The molecule has 1 aromatic rings. The van der Waals surface area contributed by atoms with Crippen molar-refractivity contribution in [2.75, 3.05) is 6.61 Å². The van der Waals surface area contributed by atoms with Gasteiger partial charge in [0.15, 0.2) is 0 Å². The molecule has 106 valence electrons. The normalized spacial score (nSPS) is 21.6. The van der Waals surface area contributed by atoms with Crippen LogP contribution in [0, 0.1) is 21.3 Å². The number of cyclic esters (lactones) is 1. The lowest BCUT2D eigenvalue weighted by molar-refractivity contribution is -0.385. The van der Waals surface area contributed by atoms with Crippen molar-refractivity contribution in [2.24, 2.45) is 5.41 Å². The van der Waals surface area contributed by atoms with Gasteiger partial charge >= 0.3 is 5.97 Å². The molecule has 0 radical (unpaired) electrons. The second-order valence-corrected chi connectivity index (χ2v) is 4.78. The van der Waals surface area contributed by atoms with Crippen molar-refractivity contribution in [1.29, 1.82) is 0 Å². The molecule has 1 atom stereocenters. The van der Waals surface area contributed by atoms with Gasteiger partial charge in [0.25, 0.3) is 5.69 Å². The maximum atomic E-state index is 13.4. The molecule has 1 unspecified atom stereocenters. The van der Waals surface area contributed by atoms with E-state index in [4.69, 9.17) is 4.74 Å². The molecule has 0 spiro atoms. The lowest BCUT2D eigenvalue weighted by Gasteiger charge is -2.21. The van der Waals surface area contributed by atoms with E-state index in [-0.39, 0.29) is 30.8 Å². The summed E-state index contributed by atoms with van der Waals surface area (Å²) in [5.41, 5.74) is -1.54. The minimum Gasteiger partial charge on any atom is -0.465 e. The molecular weight excluding hydrogens is 269 g/mol. The highest BCUT2D eigenvalue weighted by Gasteiger charge is 2.48. The fourth-order valence-electron chi connectivity index (χ4n) is 2.35. The van der Waals surface area contributed by atoms with E-state index in [0.717, 1.165) is 12.1 Å². The molecule has 1 aliphatic rings. The zero-order valence-electron chi connectivity index (χ0n) is 10.7. The Balaban J connectivity index is 2.40. The van der Waals surface area contributed by atoms with Gasteiger partial charge in [-0.1, -0.05) is 0 Å². The van der Waals surface area contributed by atoms with Crippen molar-refractivity contribution in [3.63, 3.8) is 0 Å². The van der Waals surface area contributed by atoms with Gasteiger partial charge in [-0.25, -0.2) is 4.39 Å². The zero-order chi connectivity index (χ0) is 14.9. The fourth-order valence-corrected chi connectivity index (χ4v) is 2.35. The first-order chi connectivity index (χ1) is 9.35. The Bertz CT molecular complexity index is 600. The molecule has 0 N–H and O–H groups in total. The second kappa shape index (κ2) is 4.99. The molecule has 1 fully saturated rings. The van der Waals surface area contributed by atoms with E-state index in [2.05, 4.69) is 0 Å². The number of halogens is 1. The predicted octanol–water partition coefficient (Wildman–Crippen LogP) is 1.80. The zero-order valence-corrected chi connectivity index (χ0v) is 10.7. The summed E-state index contributed by atoms with van der Waals surface area (Å²) in [7, 11) is 0. The van der Waals surface area contributed by atoms with E-state index < -0.39 is 27.8 Å². The van der Waals surface area contributed by atoms with Gasteiger partial charge in [-0.2, -0.15) is 0 Å². The molecule has 2 rings (SSSR count). The van der Waals surface area contributed by atoms with Crippen molar-refractivity contribution >= 4 is 17.4 Å². The molecule has 0 bridgehead atoms. The largest absolute Gasteiger partial charge is 0.465 e. The Morgan fingerprint density at radius 2 is 2.20 bits per heavy atom. The van der Waals surface area contributed by atoms with E-state index in [1.165, 1.54) is 13.0 Å². The third-order valence-electron chi connectivity index (χ3n) is 3.49. The number of rotatable bonds is 4. The average molecular weight is 281 g/mol. The number of nitro groups is 1. The number of nitrogens with zero attached hydrogens (tertiary/aromatic N) is 1. The molecule has 1 saturated heterocycles. The van der Waals surface area contributed by atoms with Crippen LogP contribution in [0.3, 0.4) is 0 Å². The van der Waals surface area contributed by atoms with Crippen molar-refractivity contribution in [1.82, 2.24) is 0 Å². The number of nitro benzene ring substituents is 1. The summed E-state index contributed by atoms with van der Waals surface area (Å²) in [4.78, 5) is 33.5. The SMILES string of the molecule is CC(=O)C1(Cc2cc(F)cc([N+](=O)[O-])c2)CCOC1=O. The van der Waals surface area contributed by atoms with Crippen LogP contribution in [-0.2, 0) is 20.7 Å². The van der Waals surface area contributed by atoms with Gasteiger partial charge in [-0.15, -0.1) is 0 Å². The van der Waals surface area contributed by atoms with Gasteiger partial charge in [0.1, 0.15) is 17.0 Å². The monoisotopic (exact) mass is 281 g/mol. The summed E-state index contributed by atoms with van der Waals surface area (Å²) in [6, 6.07) is 3.04. The first-order valence-electron chi connectivity index (χ1n) is 5.97. The average Bonchev–Trinajstić information content (AvgIpc) is 2.71. The molecule has 1 heterocycles. The van der Waals surface area contributed by atoms with E-state index in [1.54, 1.807) is 0 Å². The number of Topliss-reactive ketones (excluding diaryl/α,β-unsaturated/α-hetero) is 1. The maximum absolute atomic E-state index is 13.4. The standard InChI is InChI=1S/C13H12FNO5/c1-8(16)13(2-3-20-12(13)17)7-9-4-10(14)6-11(5-9)15(18)19/h4-6H,2-3,7H2,1H3. The molecule has 1 aromatic carbocycles. The van der Waals surface area contributed by atoms with Crippen LogP contribution in [0.5, 0.6) is 0 Å².